The van der Waals surface area contributed by atoms with E-state index in [2.05, 4.69) is 27.3 Å². The summed E-state index contributed by atoms with van der Waals surface area (Å²) in [6, 6.07) is 0. The van der Waals surface area contributed by atoms with Crippen molar-refractivity contribution in [2.24, 2.45) is 10.8 Å². The molecule has 1 aliphatic carbocycles. The zero-order chi connectivity index (χ0) is 29.3. The van der Waals surface area contributed by atoms with E-state index in [4.69, 9.17) is 14.6 Å². The van der Waals surface area contributed by atoms with Gasteiger partial charge in [-0.25, -0.2) is 0 Å². The highest BCUT2D eigenvalue weighted by Crippen LogP contribution is 2.23. The molecule has 0 radical (unpaired) electrons. The van der Waals surface area contributed by atoms with Crippen LogP contribution >= 0.6 is 0 Å². The zero-order valence-corrected chi connectivity index (χ0v) is 23.7. The van der Waals surface area contributed by atoms with Crippen molar-refractivity contribution in [1.29, 1.82) is 0 Å². The smallest absolute Gasteiger partial charge is 0.322 e. The van der Waals surface area contributed by atoms with Crippen molar-refractivity contribution in [2.45, 2.75) is 72.3 Å². The predicted molar refractivity (Wildman–Crippen MR) is 145 cm³/mol. The highest BCUT2D eigenvalue weighted by molar-refractivity contribution is 5.89. The van der Waals surface area contributed by atoms with E-state index >= 15 is 0 Å². The quantitative estimate of drug-likeness (QED) is 0.165. The number of carboxylic acid groups (broad SMARTS) is 1. The van der Waals surface area contributed by atoms with E-state index in [0.29, 0.717) is 19.8 Å². The molecule has 39 heavy (non-hydrogen) atoms. The van der Waals surface area contributed by atoms with Gasteiger partial charge in [-0.1, -0.05) is 52.7 Å². The SMILES string of the molecule is CC(C)(CNC(=O)COC1/C=C\CCCCC1)COCC(C)(C)CC(=O)NCC(=O)NCC(=O)NCC(=O)O. The molecule has 0 aromatic heterocycles. The van der Waals surface area contributed by atoms with E-state index in [1.807, 2.05) is 33.8 Å². The number of ether oxygens (including phenoxy) is 2. The summed E-state index contributed by atoms with van der Waals surface area (Å²) in [7, 11) is 0. The molecule has 12 heteroatoms. The van der Waals surface area contributed by atoms with Crippen molar-refractivity contribution in [3.8, 4) is 0 Å². The maximum atomic E-state index is 12.3. The molecule has 0 fully saturated rings. The molecule has 0 heterocycles. The second-order valence-corrected chi connectivity index (χ2v) is 11.4. The lowest BCUT2D eigenvalue weighted by Gasteiger charge is -2.29. The molecule has 1 aliphatic rings. The number of hydrogen-bond acceptors (Lipinski definition) is 7. The Kier molecular flexibility index (Phi) is 15.3. The van der Waals surface area contributed by atoms with Crippen molar-refractivity contribution >= 4 is 29.6 Å². The normalized spacial score (nSPS) is 16.8. The summed E-state index contributed by atoms with van der Waals surface area (Å²) in [6.45, 7) is 7.56. The van der Waals surface area contributed by atoms with Gasteiger partial charge < -0.3 is 35.8 Å². The third-order valence-corrected chi connectivity index (χ3v) is 5.86. The summed E-state index contributed by atoms with van der Waals surface area (Å²) in [4.78, 5) is 58.2. The minimum absolute atomic E-state index is 0.0156. The van der Waals surface area contributed by atoms with Gasteiger partial charge in [0.2, 0.25) is 23.6 Å². The average molecular weight is 555 g/mol. The molecule has 5 N–H and O–H groups in total. The Morgan fingerprint density at radius 2 is 1.41 bits per heavy atom. The maximum absolute atomic E-state index is 12.3. The third kappa shape index (κ3) is 18.0. The second kappa shape index (κ2) is 17.6. The van der Waals surface area contributed by atoms with Gasteiger partial charge in [0.25, 0.3) is 0 Å². The van der Waals surface area contributed by atoms with Crippen LogP contribution in [0.1, 0.15) is 66.2 Å². The number of hydrogen-bond donors (Lipinski definition) is 5. The highest BCUT2D eigenvalue weighted by atomic mass is 16.5. The number of allylic oxidation sites excluding steroid dienone is 1. The molecule has 0 saturated heterocycles. The zero-order valence-electron chi connectivity index (χ0n) is 23.7. The Morgan fingerprint density at radius 1 is 0.795 bits per heavy atom. The fraction of sp³-hybridized carbons (Fsp3) is 0.741. The van der Waals surface area contributed by atoms with E-state index in [0.717, 1.165) is 19.3 Å². The Labute approximate surface area is 231 Å². The van der Waals surface area contributed by atoms with Crippen LogP contribution in [-0.4, -0.2) is 86.8 Å². The van der Waals surface area contributed by atoms with Gasteiger partial charge in [-0.3, -0.25) is 24.0 Å². The fourth-order valence-corrected chi connectivity index (χ4v) is 3.70. The van der Waals surface area contributed by atoms with Gasteiger partial charge in [0.15, 0.2) is 0 Å². The molecule has 4 amide bonds. The summed E-state index contributed by atoms with van der Waals surface area (Å²) in [5, 5.41) is 18.3. The Balaban J connectivity index is 2.25. The van der Waals surface area contributed by atoms with Crippen LogP contribution in [0.15, 0.2) is 12.2 Å². The summed E-state index contributed by atoms with van der Waals surface area (Å²) in [6.07, 6.45) is 9.75. The van der Waals surface area contributed by atoms with E-state index < -0.39 is 29.7 Å². The fourth-order valence-electron chi connectivity index (χ4n) is 3.70. The standard InChI is InChI=1S/C27H46N4O8/c1-26(2,12-21(32)28-13-22(33)29-14-23(34)30-15-25(36)37)18-38-19-27(3,4)17-31-24(35)16-39-20-10-8-6-5-7-9-11-20/h8,10,20H,5-7,9,11-19H2,1-4H3,(H,28,32)(H,29,33)(H,30,34)(H,31,35)(H,36,37)/b10-8-. The lowest BCUT2D eigenvalue weighted by molar-refractivity contribution is -0.138. The van der Waals surface area contributed by atoms with Crippen LogP contribution in [0.2, 0.25) is 0 Å². The van der Waals surface area contributed by atoms with Gasteiger partial charge in [-0.15, -0.1) is 0 Å². The van der Waals surface area contributed by atoms with Crippen molar-refractivity contribution < 1.29 is 38.6 Å². The molecule has 0 aromatic rings. The molecule has 0 aromatic carbocycles. The summed E-state index contributed by atoms with van der Waals surface area (Å²) >= 11 is 0. The summed E-state index contributed by atoms with van der Waals surface area (Å²) in [5.41, 5.74) is -0.835. The molecule has 0 aliphatic heterocycles. The first kappa shape index (κ1) is 34.0. The highest BCUT2D eigenvalue weighted by Gasteiger charge is 2.26. The maximum Gasteiger partial charge on any atom is 0.322 e. The van der Waals surface area contributed by atoms with E-state index in [1.54, 1.807) is 0 Å². The second-order valence-electron chi connectivity index (χ2n) is 11.4. The predicted octanol–water partition coefficient (Wildman–Crippen LogP) is 0.900. The number of carbonyl (C=O) groups excluding carboxylic acids is 4. The lowest BCUT2D eigenvalue weighted by Crippen LogP contribution is -2.43. The van der Waals surface area contributed by atoms with E-state index in [9.17, 15) is 24.0 Å². The molecule has 0 spiro atoms. The molecule has 12 nitrogen and oxygen atoms in total. The molecule has 0 saturated carbocycles. The number of carbonyl (C=O) groups is 5. The topological polar surface area (TPSA) is 172 Å². The van der Waals surface area contributed by atoms with Gasteiger partial charge in [-0.2, -0.15) is 0 Å². The third-order valence-electron chi connectivity index (χ3n) is 5.86. The summed E-state index contributed by atoms with van der Waals surface area (Å²) < 4.78 is 11.6. The lowest BCUT2D eigenvalue weighted by atomic mass is 9.89. The van der Waals surface area contributed by atoms with E-state index in [-0.39, 0.29) is 49.5 Å². The van der Waals surface area contributed by atoms with Gasteiger partial charge in [0.1, 0.15) is 13.2 Å². The Morgan fingerprint density at radius 3 is 2.08 bits per heavy atom. The van der Waals surface area contributed by atoms with Crippen LogP contribution in [0.5, 0.6) is 0 Å². The first-order chi connectivity index (χ1) is 18.3. The largest absolute Gasteiger partial charge is 0.480 e. The van der Waals surface area contributed by atoms with Crippen molar-refractivity contribution in [1.82, 2.24) is 21.3 Å². The molecule has 0 bridgehead atoms. The van der Waals surface area contributed by atoms with Gasteiger partial charge in [-0.05, 0) is 24.7 Å². The molecular weight excluding hydrogens is 508 g/mol. The monoisotopic (exact) mass is 554 g/mol. The Hall–Kier alpha value is -2.99. The van der Waals surface area contributed by atoms with Crippen LogP contribution in [0.4, 0.5) is 0 Å². The van der Waals surface area contributed by atoms with Crippen LogP contribution in [0, 0.1) is 10.8 Å². The number of nitrogens with one attached hydrogen (secondary N) is 4. The first-order valence-corrected chi connectivity index (χ1v) is 13.4. The van der Waals surface area contributed by atoms with Crippen molar-refractivity contribution in [2.75, 3.05) is 46.0 Å². The van der Waals surface area contributed by atoms with Crippen LogP contribution in [0.3, 0.4) is 0 Å². The number of amides is 4. The Bertz CT molecular complexity index is 857. The van der Waals surface area contributed by atoms with Gasteiger partial charge in [0.05, 0.1) is 32.4 Å². The first-order valence-electron chi connectivity index (χ1n) is 13.4. The molecule has 222 valence electrons. The number of aliphatic carboxylic acids is 1. The van der Waals surface area contributed by atoms with E-state index in [1.165, 1.54) is 12.8 Å². The van der Waals surface area contributed by atoms with Crippen molar-refractivity contribution in [3.63, 3.8) is 0 Å². The molecule has 1 atom stereocenters. The molecule has 1 unspecified atom stereocenters. The van der Waals surface area contributed by atoms with Crippen molar-refractivity contribution in [3.05, 3.63) is 12.2 Å². The number of rotatable bonds is 17. The average Bonchev–Trinajstić information content (AvgIpc) is 2.82. The van der Waals surface area contributed by atoms with Gasteiger partial charge >= 0.3 is 5.97 Å². The molecular formula is C27H46N4O8. The molecule has 1 rings (SSSR count). The van der Waals surface area contributed by atoms with Crippen LogP contribution in [0.25, 0.3) is 0 Å². The van der Waals surface area contributed by atoms with Gasteiger partial charge in [0, 0.05) is 18.4 Å². The van der Waals surface area contributed by atoms with Crippen LogP contribution < -0.4 is 21.3 Å². The minimum atomic E-state index is -1.19. The minimum Gasteiger partial charge on any atom is -0.480 e. The number of carboxylic acids is 1. The summed E-state index contributed by atoms with van der Waals surface area (Å²) in [5.74, 6) is -2.92. The van der Waals surface area contributed by atoms with Crippen LogP contribution in [-0.2, 0) is 33.4 Å².